The predicted molar refractivity (Wildman–Crippen MR) is 120 cm³/mol. The molecule has 0 bridgehead atoms. The summed E-state index contributed by atoms with van der Waals surface area (Å²) in [5.74, 6) is 0.688. The van der Waals surface area contributed by atoms with Gasteiger partial charge in [0.2, 0.25) is 0 Å². The van der Waals surface area contributed by atoms with Crippen molar-refractivity contribution in [3.05, 3.63) is 0 Å². The number of aliphatic hydroxyl groups is 1. The average molecular weight is 410 g/mol. The number of unbranched alkanes of at least 4 members (excludes halogenated alkanes) is 13. The first-order valence-corrected chi connectivity index (χ1v) is 12.3. The minimum Gasteiger partial charge on any atom is -0.392 e. The van der Waals surface area contributed by atoms with E-state index in [0.29, 0.717) is 12.3 Å². The highest BCUT2D eigenvalue weighted by atomic mass is 35.5. The van der Waals surface area contributed by atoms with Gasteiger partial charge in [0.25, 0.3) is 0 Å². The number of alkyl halides is 2. The number of hydrogen-bond acceptors (Lipinski definition) is 1. The third-order valence-corrected chi connectivity index (χ3v) is 6.71. The van der Waals surface area contributed by atoms with Crippen LogP contribution >= 0.6 is 23.2 Å². The van der Waals surface area contributed by atoms with Crippen molar-refractivity contribution in [2.24, 2.45) is 5.92 Å². The van der Waals surface area contributed by atoms with Crippen LogP contribution in [0.2, 0.25) is 0 Å². The number of aliphatic hydroxyl groups excluding tert-OH is 1. The molecule has 0 aliphatic heterocycles. The van der Waals surface area contributed by atoms with Gasteiger partial charge in [-0.2, -0.15) is 0 Å². The zero-order valence-electron chi connectivity index (χ0n) is 17.9. The topological polar surface area (TPSA) is 20.2 Å². The molecule has 0 saturated carbocycles. The molecule has 0 amide bonds. The molecule has 0 rings (SSSR count). The molecule has 3 heteroatoms. The van der Waals surface area contributed by atoms with Crippen LogP contribution in [-0.2, 0) is 0 Å². The molecule has 0 aliphatic rings. The molecule has 0 fully saturated rings. The molecule has 0 heterocycles. The normalized spacial score (nSPS) is 16.4. The molecule has 0 radical (unpaired) electrons. The molecule has 3 atom stereocenters. The van der Waals surface area contributed by atoms with Gasteiger partial charge in [-0.3, -0.25) is 0 Å². The Balaban J connectivity index is 3.40. The van der Waals surface area contributed by atoms with Crippen molar-refractivity contribution in [2.45, 2.75) is 134 Å². The fourth-order valence-corrected chi connectivity index (χ4v) is 4.06. The van der Waals surface area contributed by atoms with Crippen LogP contribution in [0.1, 0.15) is 124 Å². The summed E-state index contributed by atoms with van der Waals surface area (Å²) in [7, 11) is 0. The van der Waals surface area contributed by atoms with E-state index in [1.807, 2.05) is 6.92 Å². The summed E-state index contributed by atoms with van der Waals surface area (Å²) < 4.78 is 0. The molecule has 1 N–H and O–H groups in total. The Morgan fingerprint density at radius 3 is 1.54 bits per heavy atom. The van der Waals surface area contributed by atoms with Gasteiger partial charge < -0.3 is 5.11 Å². The molecular weight excluding hydrogens is 363 g/mol. The van der Waals surface area contributed by atoms with E-state index in [0.717, 1.165) is 6.42 Å². The Morgan fingerprint density at radius 2 is 1.15 bits per heavy atom. The Hall–Kier alpha value is 0.540. The van der Waals surface area contributed by atoms with Gasteiger partial charge in [0.1, 0.15) is 0 Å². The quantitative estimate of drug-likeness (QED) is 0.167. The van der Waals surface area contributed by atoms with Gasteiger partial charge in [-0.15, -0.1) is 23.2 Å². The fraction of sp³-hybridized carbons (Fsp3) is 1.00. The summed E-state index contributed by atoms with van der Waals surface area (Å²) >= 11 is 12.3. The van der Waals surface area contributed by atoms with E-state index < -0.39 is 6.10 Å². The number of rotatable bonds is 19. The number of halogens is 2. The maximum Gasteiger partial charge on any atom is 0.0692 e. The van der Waals surface area contributed by atoms with Gasteiger partial charge in [0.05, 0.1) is 6.10 Å². The van der Waals surface area contributed by atoms with Crippen LogP contribution in [-0.4, -0.2) is 22.0 Å². The van der Waals surface area contributed by atoms with Crippen molar-refractivity contribution < 1.29 is 5.11 Å². The largest absolute Gasteiger partial charge is 0.392 e. The van der Waals surface area contributed by atoms with Crippen molar-refractivity contribution in [1.29, 1.82) is 0 Å². The summed E-state index contributed by atoms with van der Waals surface area (Å²) in [6.45, 7) is 6.53. The zero-order chi connectivity index (χ0) is 19.7. The van der Waals surface area contributed by atoms with Crippen molar-refractivity contribution in [3.8, 4) is 0 Å². The van der Waals surface area contributed by atoms with E-state index in [1.54, 1.807) is 0 Å². The summed E-state index contributed by atoms with van der Waals surface area (Å²) in [6.07, 6.45) is 20.8. The molecule has 158 valence electrons. The third-order valence-electron chi connectivity index (χ3n) is 5.83. The maximum absolute atomic E-state index is 9.72. The van der Waals surface area contributed by atoms with Crippen LogP contribution in [0.4, 0.5) is 0 Å². The van der Waals surface area contributed by atoms with Gasteiger partial charge in [0, 0.05) is 10.8 Å². The van der Waals surface area contributed by atoms with Crippen molar-refractivity contribution in [1.82, 2.24) is 0 Å². The van der Waals surface area contributed by atoms with Crippen molar-refractivity contribution in [3.63, 3.8) is 0 Å². The Labute approximate surface area is 174 Å². The molecule has 1 nitrogen and oxygen atoms in total. The van der Waals surface area contributed by atoms with Gasteiger partial charge in [-0.05, 0) is 25.7 Å². The first-order valence-electron chi connectivity index (χ1n) is 11.4. The lowest BCUT2D eigenvalue weighted by atomic mass is 9.86. The Bertz CT molecular complexity index is 294. The zero-order valence-corrected chi connectivity index (χ0v) is 19.4. The van der Waals surface area contributed by atoms with Crippen LogP contribution < -0.4 is 0 Å². The highest BCUT2D eigenvalue weighted by molar-refractivity contribution is 6.24. The van der Waals surface area contributed by atoms with E-state index >= 15 is 0 Å². The van der Waals surface area contributed by atoms with Crippen molar-refractivity contribution >= 4 is 23.2 Å². The van der Waals surface area contributed by atoms with Crippen LogP contribution in [0.3, 0.4) is 0 Å². The average Bonchev–Trinajstić information content (AvgIpc) is 2.61. The van der Waals surface area contributed by atoms with Crippen LogP contribution in [0.5, 0.6) is 0 Å². The minimum absolute atomic E-state index is 0.272. The molecule has 0 aliphatic carbocycles. The van der Waals surface area contributed by atoms with Crippen LogP contribution in [0.15, 0.2) is 0 Å². The SMILES string of the molecule is CCCCCCCCCCCCCCCCC(C)C(C)(Cl)CC(O)CCl. The van der Waals surface area contributed by atoms with E-state index in [1.165, 1.54) is 89.9 Å². The molecular formula is C23H46Cl2O. The second kappa shape index (κ2) is 17.6. The molecule has 0 aromatic rings. The van der Waals surface area contributed by atoms with E-state index in [9.17, 15) is 5.11 Å². The summed E-state index contributed by atoms with van der Waals surface area (Å²) in [6, 6.07) is 0. The summed E-state index contributed by atoms with van der Waals surface area (Å²) in [4.78, 5) is -0.342. The van der Waals surface area contributed by atoms with Gasteiger partial charge in [-0.25, -0.2) is 0 Å². The lowest BCUT2D eigenvalue weighted by Crippen LogP contribution is -2.32. The first-order chi connectivity index (χ1) is 12.4. The van der Waals surface area contributed by atoms with Gasteiger partial charge >= 0.3 is 0 Å². The van der Waals surface area contributed by atoms with Crippen molar-refractivity contribution in [2.75, 3.05) is 5.88 Å². The lowest BCUT2D eigenvalue weighted by molar-refractivity contribution is 0.158. The van der Waals surface area contributed by atoms with E-state index in [-0.39, 0.29) is 10.8 Å². The first kappa shape index (κ1) is 26.5. The molecule has 3 unspecified atom stereocenters. The maximum atomic E-state index is 9.72. The monoisotopic (exact) mass is 408 g/mol. The number of hydrogen-bond donors (Lipinski definition) is 1. The Kier molecular flexibility index (Phi) is 18.0. The summed E-state index contributed by atoms with van der Waals surface area (Å²) in [5, 5.41) is 9.72. The van der Waals surface area contributed by atoms with Crippen LogP contribution in [0.25, 0.3) is 0 Å². The molecule has 0 aromatic heterocycles. The minimum atomic E-state index is -0.488. The Morgan fingerprint density at radius 1 is 0.769 bits per heavy atom. The molecule has 0 aromatic carbocycles. The van der Waals surface area contributed by atoms with Gasteiger partial charge in [0.15, 0.2) is 0 Å². The van der Waals surface area contributed by atoms with Gasteiger partial charge in [-0.1, -0.05) is 104 Å². The fourth-order valence-electron chi connectivity index (χ4n) is 3.66. The highest BCUT2D eigenvalue weighted by Gasteiger charge is 2.30. The molecule has 0 spiro atoms. The predicted octanol–water partition coefficient (Wildman–Crippen LogP) is 8.48. The molecule has 0 saturated heterocycles. The van der Waals surface area contributed by atoms with E-state index in [4.69, 9.17) is 23.2 Å². The lowest BCUT2D eigenvalue weighted by Gasteiger charge is -2.31. The smallest absolute Gasteiger partial charge is 0.0692 e. The second-order valence-corrected chi connectivity index (χ2v) is 9.75. The van der Waals surface area contributed by atoms with Crippen LogP contribution in [0, 0.1) is 5.92 Å². The third kappa shape index (κ3) is 15.6. The van der Waals surface area contributed by atoms with E-state index in [2.05, 4.69) is 13.8 Å². The molecule has 26 heavy (non-hydrogen) atoms. The standard InChI is InChI=1S/C23H46Cl2O/c1-4-5-6-7-8-9-10-11-12-13-14-15-16-17-18-21(2)23(3,25)19-22(26)20-24/h21-22,26H,4-20H2,1-3H3. The highest BCUT2D eigenvalue weighted by Crippen LogP contribution is 2.33. The second-order valence-electron chi connectivity index (χ2n) is 8.58. The summed E-state index contributed by atoms with van der Waals surface area (Å²) in [5.41, 5.74) is 0.